The maximum atomic E-state index is 3.84. The molecule has 1 aliphatic rings. The van der Waals surface area contributed by atoms with Gasteiger partial charge in [-0.2, -0.15) is 0 Å². The average molecular weight is 313 g/mol. The molecule has 0 radical (unpaired) electrons. The second-order valence-electron chi connectivity index (χ2n) is 5.62. The number of fused-ring (bicyclic) bond motifs is 1. The summed E-state index contributed by atoms with van der Waals surface area (Å²) in [4.78, 5) is 0.352. The Labute approximate surface area is 123 Å². The van der Waals surface area contributed by atoms with E-state index < -0.39 is 0 Å². The lowest BCUT2D eigenvalue weighted by atomic mass is 9.72. The zero-order valence-electron chi connectivity index (χ0n) is 11.2. The van der Waals surface area contributed by atoms with Gasteiger partial charge in [-0.25, -0.2) is 0 Å². The molecule has 0 fully saturated rings. The minimum atomic E-state index is 0.120. The van der Waals surface area contributed by atoms with Crippen LogP contribution in [0, 0.1) is 0 Å². The van der Waals surface area contributed by atoms with Gasteiger partial charge < -0.3 is 0 Å². The van der Waals surface area contributed by atoms with Gasteiger partial charge in [0, 0.05) is 10.2 Å². The smallest absolute Gasteiger partial charge is 0.0426 e. The first-order chi connectivity index (χ1) is 9.10. The van der Waals surface area contributed by atoms with Gasteiger partial charge >= 0.3 is 0 Å². The highest BCUT2D eigenvalue weighted by Gasteiger charge is 2.34. The van der Waals surface area contributed by atoms with Crippen LogP contribution in [-0.4, -0.2) is 4.83 Å². The molecule has 0 nitrogen and oxygen atoms in total. The number of alkyl halides is 1. The lowest BCUT2D eigenvalue weighted by Crippen LogP contribution is -2.32. The molecule has 1 atom stereocenters. The molecule has 3 rings (SSSR count). The zero-order valence-corrected chi connectivity index (χ0v) is 12.8. The SMILES string of the molecule is CC1(C)c2ccccc2C(c2ccccc2)=CC1Br. The third-order valence-corrected chi connectivity index (χ3v) is 5.41. The van der Waals surface area contributed by atoms with E-state index in [0.29, 0.717) is 4.83 Å². The fourth-order valence-corrected chi connectivity index (χ4v) is 3.25. The summed E-state index contributed by atoms with van der Waals surface area (Å²) in [7, 11) is 0. The van der Waals surface area contributed by atoms with Crippen molar-refractivity contribution in [3.8, 4) is 0 Å². The molecule has 0 spiro atoms. The molecule has 0 heterocycles. The molecule has 1 heteroatoms. The maximum absolute atomic E-state index is 3.84. The first-order valence-corrected chi connectivity index (χ1v) is 7.53. The molecule has 0 aromatic heterocycles. The summed E-state index contributed by atoms with van der Waals surface area (Å²) in [5.74, 6) is 0. The highest BCUT2D eigenvalue weighted by molar-refractivity contribution is 9.09. The summed E-state index contributed by atoms with van der Waals surface area (Å²) in [5, 5.41) is 0. The first kappa shape index (κ1) is 12.7. The van der Waals surface area contributed by atoms with Crippen molar-refractivity contribution in [2.24, 2.45) is 0 Å². The average Bonchev–Trinajstić information content (AvgIpc) is 2.44. The number of halogens is 1. The highest BCUT2D eigenvalue weighted by atomic mass is 79.9. The van der Waals surface area contributed by atoms with Crippen LogP contribution in [0.5, 0.6) is 0 Å². The standard InChI is InChI=1S/C18H17Br/c1-18(2)16-11-7-6-10-14(16)15(12-17(18)19)13-8-4-3-5-9-13/h3-12,17H,1-2H3. The van der Waals surface area contributed by atoms with Crippen LogP contribution in [0.2, 0.25) is 0 Å². The topological polar surface area (TPSA) is 0 Å². The van der Waals surface area contributed by atoms with Crippen molar-refractivity contribution >= 4 is 21.5 Å². The van der Waals surface area contributed by atoms with Gasteiger partial charge in [0.05, 0.1) is 0 Å². The van der Waals surface area contributed by atoms with E-state index in [2.05, 4.69) is 90.5 Å². The van der Waals surface area contributed by atoms with Crippen molar-refractivity contribution in [1.82, 2.24) is 0 Å². The number of allylic oxidation sites excluding steroid dienone is 1. The van der Waals surface area contributed by atoms with Gasteiger partial charge in [-0.3, -0.25) is 0 Å². The van der Waals surface area contributed by atoms with E-state index in [1.165, 1.54) is 22.3 Å². The van der Waals surface area contributed by atoms with Crippen molar-refractivity contribution in [2.75, 3.05) is 0 Å². The molecule has 2 aromatic rings. The molecule has 0 bridgehead atoms. The fraction of sp³-hybridized carbons (Fsp3) is 0.222. The summed E-state index contributed by atoms with van der Waals surface area (Å²) in [6.45, 7) is 4.59. The summed E-state index contributed by atoms with van der Waals surface area (Å²) >= 11 is 3.84. The fourth-order valence-electron chi connectivity index (χ4n) is 2.74. The largest absolute Gasteiger partial charge is 0.0835 e. The minimum Gasteiger partial charge on any atom is -0.0835 e. The summed E-state index contributed by atoms with van der Waals surface area (Å²) in [6, 6.07) is 19.4. The molecular weight excluding hydrogens is 296 g/mol. The van der Waals surface area contributed by atoms with Crippen molar-refractivity contribution in [3.05, 3.63) is 77.4 Å². The molecule has 0 aliphatic heterocycles. The minimum absolute atomic E-state index is 0.120. The lowest BCUT2D eigenvalue weighted by molar-refractivity contribution is 0.546. The molecule has 96 valence electrons. The van der Waals surface area contributed by atoms with E-state index in [1.54, 1.807) is 0 Å². The Balaban J connectivity index is 2.23. The van der Waals surface area contributed by atoms with Crippen LogP contribution in [0.1, 0.15) is 30.5 Å². The molecule has 0 saturated carbocycles. The quantitative estimate of drug-likeness (QED) is 0.637. The van der Waals surface area contributed by atoms with Gasteiger partial charge in [0.1, 0.15) is 0 Å². The number of rotatable bonds is 1. The highest BCUT2D eigenvalue weighted by Crippen LogP contribution is 2.43. The van der Waals surface area contributed by atoms with Gasteiger partial charge in [-0.15, -0.1) is 0 Å². The van der Waals surface area contributed by atoms with E-state index >= 15 is 0 Å². The van der Waals surface area contributed by atoms with Crippen molar-refractivity contribution in [3.63, 3.8) is 0 Å². The molecule has 0 N–H and O–H groups in total. The Morgan fingerprint density at radius 2 is 1.53 bits per heavy atom. The summed E-state index contributed by atoms with van der Waals surface area (Å²) in [5.41, 5.74) is 5.51. The maximum Gasteiger partial charge on any atom is 0.0426 e. The summed E-state index contributed by atoms with van der Waals surface area (Å²) < 4.78 is 0. The van der Waals surface area contributed by atoms with E-state index in [9.17, 15) is 0 Å². The molecule has 1 unspecified atom stereocenters. The predicted molar refractivity (Wildman–Crippen MR) is 85.7 cm³/mol. The molecule has 0 saturated heterocycles. The predicted octanol–water partition coefficient (Wildman–Crippen LogP) is 5.17. The van der Waals surface area contributed by atoms with Crippen molar-refractivity contribution in [2.45, 2.75) is 24.1 Å². The van der Waals surface area contributed by atoms with E-state index in [0.717, 1.165) is 0 Å². The van der Waals surface area contributed by atoms with Gasteiger partial charge in [0.2, 0.25) is 0 Å². The monoisotopic (exact) mass is 312 g/mol. The molecule has 1 aliphatic carbocycles. The van der Waals surface area contributed by atoms with E-state index in [4.69, 9.17) is 0 Å². The molecule has 2 aromatic carbocycles. The summed E-state index contributed by atoms with van der Waals surface area (Å²) in [6.07, 6.45) is 2.34. The number of benzene rings is 2. The van der Waals surface area contributed by atoms with Crippen LogP contribution >= 0.6 is 15.9 Å². The van der Waals surface area contributed by atoms with E-state index in [1.807, 2.05) is 0 Å². The van der Waals surface area contributed by atoms with E-state index in [-0.39, 0.29) is 5.41 Å². The van der Waals surface area contributed by atoms with Gasteiger partial charge in [0.25, 0.3) is 0 Å². The Bertz CT molecular complexity index is 623. The third-order valence-electron chi connectivity index (χ3n) is 4.00. The normalized spacial score (nSPS) is 20.6. The van der Waals surface area contributed by atoms with Crippen LogP contribution in [0.3, 0.4) is 0 Å². The number of hydrogen-bond acceptors (Lipinski definition) is 0. The Hall–Kier alpha value is -1.34. The van der Waals surface area contributed by atoms with Crippen LogP contribution in [0.25, 0.3) is 5.57 Å². The van der Waals surface area contributed by atoms with Crippen LogP contribution < -0.4 is 0 Å². The lowest BCUT2D eigenvalue weighted by Gasteiger charge is -2.36. The second-order valence-corrected chi connectivity index (χ2v) is 6.60. The van der Waals surface area contributed by atoms with Gasteiger partial charge in [0.15, 0.2) is 0 Å². The Kier molecular flexibility index (Phi) is 3.10. The first-order valence-electron chi connectivity index (χ1n) is 6.62. The number of hydrogen-bond donors (Lipinski definition) is 0. The van der Waals surface area contributed by atoms with Gasteiger partial charge in [-0.05, 0) is 22.3 Å². The second kappa shape index (κ2) is 4.64. The molecule has 0 amide bonds. The van der Waals surface area contributed by atoms with Crippen LogP contribution in [0.15, 0.2) is 60.7 Å². The van der Waals surface area contributed by atoms with Crippen LogP contribution in [0.4, 0.5) is 0 Å². The van der Waals surface area contributed by atoms with Crippen molar-refractivity contribution < 1.29 is 0 Å². The molecule has 19 heavy (non-hydrogen) atoms. The Morgan fingerprint density at radius 1 is 0.895 bits per heavy atom. The van der Waals surface area contributed by atoms with Crippen molar-refractivity contribution in [1.29, 1.82) is 0 Å². The van der Waals surface area contributed by atoms with Gasteiger partial charge in [-0.1, -0.05) is 90.5 Å². The zero-order chi connectivity index (χ0) is 13.5. The third kappa shape index (κ3) is 2.06. The molecular formula is C18H17Br. The van der Waals surface area contributed by atoms with Crippen LogP contribution in [-0.2, 0) is 5.41 Å². The Morgan fingerprint density at radius 3 is 2.26 bits per heavy atom.